The molecule has 0 amide bonds. The van der Waals surface area contributed by atoms with Crippen molar-refractivity contribution in [3.8, 4) is 0 Å². The van der Waals surface area contributed by atoms with Crippen LogP contribution in [0.3, 0.4) is 0 Å². The highest BCUT2D eigenvalue weighted by Crippen LogP contribution is 2.14. The number of hydrogen-bond acceptors (Lipinski definition) is 0. The van der Waals surface area contributed by atoms with Crippen LogP contribution in [0.15, 0.2) is 23.0 Å². The van der Waals surface area contributed by atoms with Gasteiger partial charge < -0.3 is 0 Å². The molecule has 0 fully saturated rings. The summed E-state index contributed by atoms with van der Waals surface area (Å²) in [5, 5.41) is 0.296. The summed E-state index contributed by atoms with van der Waals surface area (Å²) in [5.41, 5.74) is 0. The van der Waals surface area contributed by atoms with E-state index in [0.29, 0.717) is 11.5 Å². The fraction of sp³-hybridized carbons (Fsp3) is 0.500. The molecule has 0 radical (unpaired) electrons. The monoisotopic (exact) mass is 162 g/mol. The Morgan fingerprint density at radius 2 is 2.10 bits per heavy atom. The lowest BCUT2D eigenvalue weighted by Gasteiger charge is -1.91. The zero-order chi connectivity index (χ0) is 7.98. The van der Waals surface area contributed by atoms with Crippen LogP contribution in [0.4, 0.5) is 4.39 Å². The number of halogens is 2. The van der Waals surface area contributed by atoms with Gasteiger partial charge in [0.1, 0.15) is 5.83 Å². The predicted octanol–water partition coefficient (Wildman–Crippen LogP) is 3.78. The lowest BCUT2D eigenvalue weighted by atomic mass is 10.3. The van der Waals surface area contributed by atoms with Crippen LogP contribution in [0.25, 0.3) is 0 Å². The highest BCUT2D eigenvalue weighted by atomic mass is 35.5. The number of rotatable bonds is 3. The SMILES string of the molecule is CC/C=C\C/C(Cl)=C(\C)F. The maximum absolute atomic E-state index is 12.2. The summed E-state index contributed by atoms with van der Waals surface area (Å²) < 4.78 is 12.2. The quantitative estimate of drug-likeness (QED) is 0.554. The summed E-state index contributed by atoms with van der Waals surface area (Å²) in [5.74, 6) is -0.289. The van der Waals surface area contributed by atoms with Gasteiger partial charge in [0.15, 0.2) is 0 Å². The van der Waals surface area contributed by atoms with E-state index in [1.54, 1.807) is 0 Å². The predicted molar refractivity (Wildman–Crippen MR) is 43.7 cm³/mol. The van der Waals surface area contributed by atoms with Gasteiger partial charge in [0.2, 0.25) is 0 Å². The minimum absolute atomic E-state index is 0.289. The molecule has 0 bridgehead atoms. The molecule has 0 atom stereocenters. The lowest BCUT2D eigenvalue weighted by Crippen LogP contribution is -1.71. The van der Waals surface area contributed by atoms with Crippen molar-refractivity contribution in [2.45, 2.75) is 26.7 Å². The Hall–Kier alpha value is -0.300. The molecule has 0 unspecified atom stereocenters. The van der Waals surface area contributed by atoms with E-state index in [-0.39, 0.29) is 5.83 Å². The van der Waals surface area contributed by atoms with Crippen molar-refractivity contribution in [1.29, 1.82) is 0 Å². The van der Waals surface area contributed by atoms with Gasteiger partial charge >= 0.3 is 0 Å². The lowest BCUT2D eigenvalue weighted by molar-refractivity contribution is 0.632. The summed E-state index contributed by atoms with van der Waals surface area (Å²) in [6.45, 7) is 3.39. The Morgan fingerprint density at radius 1 is 1.50 bits per heavy atom. The zero-order valence-corrected chi connectivity index (χ0v) is 7.08. The van der Waals surface area contributed by atoms with E-state index in [1.807, 2.05) is 19.1 Å². The van der Waals surface area contributed by atoms with Crippen molar-refractivity contribution < 1.29 is 4.39 Å². The average Bonchev–Trinajstić information content (AvgIpc) is 1.88. The summed E-state index contributed by atoms with van der Waals surface area (Å²) in [4.78, 5) is 0. The molecule has 0 saturated heterocycles. The van der Waals surface area contributed by atoms with Crippen LogP contribution in [0.5, 0.6) is 0 Å². The topological polar surface area (TPSA) is 0 Å². The molecule has 0 aliphatic heterocycles. The molecule has 0 heterocycles. The van der Waals surface area contributed by atoms with Gasteiger partial charge in [-0.25, -0.2) is 4.39 Å². The van der Waals surface area contributed by atoms with Gasteiger partial charge in [-0.05, 0) is 13.3 Å². The molecule has 58 valence electrons. The van der Waals surface area contributed by atoms with E-state index >= 15 is 0 Å². The van der Waals surface area contributed by atoms with Crippen molar-refractivity contribution >= 4 is 11.6 Å². The Morgan fingerprint density at radius 3 is 2.50 bits per heavy atom. The van der Waals surface area contributed by atoms with Crippen LogP contribution in [0.2, 0.25) is 0 Å². The van der Waals surface area contributed by atoms with Gasteiger partial charge in [0, 0.05) is 6.42 Å². The van der Waals surface area contributed by atoms with Gasteiger partial charge in [0.05, 0.1) is 5.03 Å². The first-order valence-electron chi connectivity index (χ1n) is 3.34. The normalized spacial score (nSPS) is 14.0. The van der Waals surface area contributed by atoms with E-state index < -0.39 is 0 Å². The fourth-order valence-corrected chi connectivity index (χ4v) is 0.583. The molecule has 0 aromatic carbocycles. The second-order valence-corrected chi connectivity index (χ2v) is 2.48. The van der Waals surface area contributed by atoms with Gasteiger partial charge in [-0.15, -0.1) is 0 Å². The van der Waals surface area contributed by atoms with Crippen LogP contribution in [-0.4, -0.2) is 0 Å². The third-order valence-electron chi connectivity index (χ3n) is 1.07. The molecule has 0 N–H and O–H groups in total. The van der Waals surface area contributed by atoms with Crippen LogP contribution < -0.4 is 0 Å². The molecule has 0 nitrogen and oxygen atoms in total. The van der Waals surface area contributed by atoms with Crippen LogP contribution in [0, 0.1) is 0 Å². The van der Waals surface area contributed by atoms with E-state index in [0.717, 1.165) is 6.42 Å². The third-order valence-corrected chi connectivity index (χ3v) is 1.49. The molecule has 0 aliphatic carbocycles. The second kappa shape index (κ2) is 5.48. The standard InChI is InChI=1S/C8H12ClF/c1-3-4-5-6-8(9)7(2)10/h4-5H,3,6H2,1-2H3/b5-4-,8-7-. The number of hydrogen-bond donors (Lipinski definition) is 0. The molecule has 0 aliphatic rings. The van der Waals surface area contributed by atoms with Gasteiger partial charge in [0.25, 0.3) is 0 Å². The average molecular weight is 163 g/mol. The molecule has 0 aromatic rings. The van der Waals surface area contributed by atoms with Gasteiger partial charge in [-0.2, -0.15) is 0 Å². The first kappa shape index (κ1) is 9.70. The van der Waals surface area contributed by atoms with E-state index in [1.165, 1.54) is 6.92 Å². The molecular weight excluding hydrogens is 151 g/mol. The molecule has 10 heavy (non-hydrogen) atoms. The number of allylic oxidation sites excluding steroid dienone is 4. The van der Waals surface area contributed by atoms with Crippen LogP contribution in [-0.2, 0) is 0 Å². The zero-order valence-electron chi connectivity index (χ0n) is 6.32. The van der Waals surface area contributed by atoms with Gasteiger partial charge in [-0.3, -0.25) is 0 Å². The maximum atomic E-state index is 12.2. The highest BCUT2D eigenvalue weighted by Gasteiger charge is 1.93. The first-order chi connectivity index (χ1) is 4.68. The molecule has 0 saturated carbocycles. The Kier molecular flexibility index (Phi) is 5.32. The first-order valence-corrected chi connectivity index (χ1v) is 3.72. The summed E-state index contributed by atoms with van der Waals surface area (Å²) in [6, 6.07) is 0. The van der Waals surface area contributed by atoms with Crippen molar-refractivity contribution in [2.75, 3.05) is 0 Å². The Balaban J connectivity index is 3.70. The Labute approximate surface area is 66.4 Å². The fourth-order valence-electron chi connectivity index (χ4n) is 0.494. The van der Waals surface area contributed by atoms with E-state index in [9.17, 15) is 4.39 Å². The van der Waals surface area contributed by atoms with E-state index in [4.69, 9.17) is 11.6 Å². The minimum Gasteiger partial charge on any atom is -0.211 e. The van der Waals surface area contributed by atoms with E-state index in [2.05, 4.69) is 0 Å². The van der Waals surface area contributed by atoms with Crippen molar-refractivity contribution in [2.24, 2.45) is 0 Å². The molecule has 0 spiro atoms. The van der Waals surface area contributed by atoms with Crippen molar-refractivity contribution in [1.82, 2.24) is 0 Å². The smallest absolute Gasteiger partial charge is 0.112 e. The summed E-state index contributed by atoms with van der Waals surface area (Å²) in [7, 11) is 0. The minimum atomic E-state index is -0.289. The third kappa shape index (κ3) is 4.57. The van der Waals surface area contributed by atoms with Crippen molar-refractivity contribution in [3.05, 3.63) is 23.0 Å². The molecule has 0 aromatic heterocycles. The largest absolute Gasteiger partial charge is 0.211 e. The van der Waals surface area contributed by atoms with Crippen molar-refractivity contribution in [3.63, 3.8) is 0 Å². The summed E-state index contributed by atoms with van der Waals surface area (Å²) >= 11 is 5.50. The molecular formula is C8H12ClF. The van der Waals surface area contributed by atoms with Crippen LogP contribution >= 0.6 is 11.6 Å². The second-order valence-electron chi connectivity index (χ2n) is 2.02. The summed E-state index contributed by atoms with van der Waals surface area (Å²) in [6.07, 6.45) is 5.31. The molecule has 0 rings (SSSR count). The van der Waals surface area contributed by atoms with Gasteiger partial charge in [-0.1, -0.05) is 30.7 Å². The Bertz CT molecular complexity index is 143. The maximum Gasteiger partial charge on any atom is 0.112 e. The molecule has 2 heteroatoms. The highest BCUT2D eigenvalue weighted by molar-refractivity contribution is 6.29. The van der Waals surface area contributed by atoms with Crippen LogP contribution in [0.1, 0.15) is 26.7 Å².